The maximum Gasteiger partial charge on any atom is 0.516 e. The average molecular weight is 774 g/mol. The van der Waals surface area contributed by atoms with Crippen molar-refractivity contribution in [3.63, 3.8) is 0 Å². The van der Waals surface area contributed by atoms with Crippen molar-refractivity contribution in [2.45, 2.75) is 124 Å². The molecule has 0 spiro atoms. The number of hydrogen-bond donors (Lipinski definition) is 2. The molecule has 11 heteroatoms. The van der Waals surface area contributed by atoms with Gasteiger partial charge in [-0.15, -0.1) is 0 Å². The number of amides is 1. The van der Waals surface area contributed by atoms with Crippen LogP contribution in [0.1, 0.15) is 136 Å². The fourth-order valence-corrected chi connectivity index (χ4v) is 9.20. The van der Waals surface area contributed by atoms with Crippen molar-refractivity contribution in [2.75, 3.05) is 26.4 Å². The first kappa shape index (κ1) is 43.7. The highest BCUT2D eigenvalue weighted by atomic mass is 16.7. The van der Waals surface area contributed by atoms with E-state index in [9.17, 15) is 19.2 Å². The van der Waals surface area contributed by atoms with Crippen LogP contribution in [0.3, 0.4) is 0 Å². The van der Waals surface area contributed by atoms with Crippen molar-refractivity contribution in [3.05, 3.63) is 86.5 Å². The van der Waals surface area contributed by atoms with Gasteiger partial charge in [0.25, 0.3) is 0 Å². The average Bonchev–Trinajstić information content (AvgIpc) is 3.96. The summed E-state index contributed by atoms with van der Waals surface area (Å²) in [7, 11) is 0. The molecule has 6 aliphatic rings. The van der Waals surface area contributed by atoms with Crippen molar-refractivity contribution in [1.29, 1.82) is 0 Å². The molecular formula is C45H59NO10. The summed E-state index contributed by atoms with van der Waals surface area (Å²) in [5.41, 5.74) is 17.0. The zero-order valence-electron chi connectivity index (χ0n) is 30.2. The quantitative estimate of drug-likeness (QED) is 0.177. The molecule has 56 heavy (non-hydrogen) atoms. The van der Waals surface area contributed by atoms with Gasteiger partial charge in [-0.1, -0.05) is 40.5 Å². The van der Waals surface area contributed by atoms with Gasteiger partial charge in [-0.25, -0.2) is 4.79 Å². The zero-order chi connectivity index (χ0) is 37.1. The van der Waals surface area contributed by atoms with E-state index in [0.29, 0.717) is 18.9 Å². The fourth-order valence-electron chi connectivity index (χ4n) is 9.20. The molecule has 3 N–H and O–H groups in total. The van der Waals surface area contributed by atoms with Crippen LogP contribution < -0.4 is 19.9 Å². The van der Waals surface area contributed by atoms with E-state index in [0.717, 1.165) is 88.2 Å². The van der Waals surface area contributed by atoms with Gasteiger partial charge in [-0.3, -0.25) is 14.4 Å². The molecule has 0 unspecified atom stereocenters. The molecule has 3 aliphatic heterocycles. The van der Waals surface area contributed by atoms with Gasteiger partial charge in [-0.2, -0.15) is 0 Å². The van der Waals surface area contributed by atoms with Crippen molar-refractivity contribution < 1.29 is 48.0 Å². The molecular weight excluding hydrogens is 714 g/mol. The number of carbonyl (C=O) groups is 4. The third-order valence-corrected chi connectivity index (χ3v) is 11.3. The Hall–Kier alpha value is -5.06. The van der Waals surface area contributed by atoms with Crippen LogP contribution in [0.25, 0.3) is 0 Å². The highest BCUT2D eigenvalue weighted by Gasteiger charge is 2.33. The van der Waals surface area contributed by atoms with Crippen molar-refractivity contribution in [1.82, 2.24) is 0 Å². The van der Waals surface area contributed by atoms with Crippen molar-refractivity contribution in [3.8, 4) is 17.2 Å². The highest BCUT2D eigenvalue weighted by molar-refractivity contribution is 5.82. The van der Waals surface area contributed by atoms with E-state index in [2.05, 4.69) is 33.7 Å². The summed E-state index contributed by atoms with van der Waals surface area (Å²) >= 11 is 0. The van der Waals surface area contributed by atoms with E-state index in [1.54, 1.807) is 6.92 Å². The minimum Gasteiger partial charge on any atom is -0.493 e. The Labute approximate surface area is 331 Å². The lowest BCUT2D eigenvalue weighted by Gasteiger charge is -2.13. The molecule has 0 saturated heterocycles. The largest absolute Gasteiger partial charge is 0.516 e. The van der Waals surface area contributed by atoms with E-state index in [1.165, 1.54) is 50.1 Å². The molecule has 3 aliphatic carbocycles. The molecule has 0 aromatic heterocycles. The summed E-state index contributed by atoms with van der Waals surface area (Å²) in [6, 6.07) is 12.4. The molecule has 9 rings (SSSR count). The summed E-state index contributed by atoms with van der Waals surface area (Å²) in [4.78, 5) is 44.9. The minimum atomic E-state index is -0.914. The topological polar surface area (TPSA) is 161 Å². The maximum absolute atomic E-state index is 11.8. The number of rotatable bonds is 7. The number of aliphatic carboxylic acids is 1. The Kier molecular flexibility index (Phi) is 15.0. The second kappa shape index (κ2) is 19.2. The SMILES string of the molecule is C.C.C.CCOC(=O)OC(=O)C[C@@H]1CCc2ccc3c(c21)CCO3.NC(=O)C[C@@H]1CCc2ccc3c(c21)CCO3.O=C(O)C[C@@H]1CCc2ccc3c(c21)CCO3. The Balaban J connectivity index is 0.000000184. The molecule has 0 fully saturated rings. The number of ether oxygens (including phenoxy) is 5. The molecule has 3 atom stereocenters. The van der Waals surface area contributed by atoms with Gasteiger partial charge < -0.3 is 34.5 Å². The van der Waals surface area contributed by atoms with Gasteiger partial charge >= 0.3 is 18.1 Å². The molecule has 3 aromatic carbocycles. The molecule has 304 valence electrons. The van der Waals surface area contributed by atoms with Crippen LogP contribution in [0.5, 0.6) is 17.2 Å². The lowest BCUT2D eigenvalue weighted by atomic mass is 9.92. The third-order valence-electron chi connectivity index (χ3n) is 11.3. The second-order valence-electron chi connectivity index (χ2n) is 14.5. The first-order valence-corrected chi connectivity index (χ1v) is 18.9. The Morgan fingerprint density at radius 3 is 1.39 bits per heavy atom. The molecule has 0 bridgehead atoms. The van der Waals surface area contributed by atoms with E-state index in [-0.39, 0.29) is 59.5 Å². The number of fused-ring (bicyclic) bond motifs is 9. The first-order chi connectivity index (χ1) is 25.7. The van der Waals surface area contributed by atoms with Crippen LogP contribution in [-0.2, 0) is 62.4 Å². The van der Waals surface area contributed by atoms with Crippen molar-refractivity contribution in [2.24, 2.45) is 5.73 Å². The smallest absolute Gasteiger partial charge is 0.493 e. The third kappa shape index (κ3) is 9.31. The molecule has 1 amide bonds. The number of benzene rings is 3. The summed E-state index contributed by atoms with van der Waals surface area (Å²) in [6.45, 7) is 4.08. The number of nitrogens with two attached hydrogens (primary N) is 1. The Bertz CT molecular complexity index is 1830. The van der Waals surface area contributed by atoms with E-state index in [1.807, 2.05) is 12.1 Å². The Morgan fingerprint density at radius 2 is 1.02 bits per heavy atom. The summed E-state index contributed by atoms with van der Waals surface area (Å²) in [6.07, 6.45) is 8.80. The molecule has 11 nitrogen and oxygen atoms in total. The summed E-state index contributed by atoms with van der Waals surface area (Å²) in [5, 5.41) is 8.92. The second-order valence-corrected chi connectivity index (χ2v) is 14.5. The summed E-state index contributed by atoms with van der Waals surface area (Å²) < 4.78 is 25.9. The molecule has 0 radical (unpaired) electrons. The number of aryl methyl sites for hydroxylation is 3. The number of esters is 1. The van der Waals surface area contributed by atoms with Crippen LogP contribution in [0.15, 0.2) is 36.4 Å². The normalized spacial score (nSPS) is 19.2. The van der Waals surface area contributed by atoms with E-state index >= 15 is 0 Å². The number of carboxylic acid groups (broad SMARTS) is 1. The van der Waals surface area contributed by atoms with Crippen molar-refractivity contribution >= 4 is 24.0 Å². The lowest BCUT2D eigenvalue weighted by molar-refractivity contribution is -0.140. The number of primary amides is 1. The van der Waals surface area contributed by atoms with Crippen LogP contribution in [0.2, 0.25) is 0 Å². The van der Waals surface area contributed by atoms with E-state index in [4.69, 9.17) is 25.1 Å². The van der Waals surface area contributed by atoms with Gasteiger partial charge in [0.15, 0.2) is 0 Å². The van der Waals surface area contributed by atoms with Gasteiger partial charge in [0, 0.05) is 42.4 Å². The summed E-state index contributed by atoms with van der Waals surface area (Å²) in [5.74, 6) is 2.11. The van der Waals surface area contributed by atoms with Crippen LogP contribution >= 0.6 is 0 Å². The van der Waals surface area contributed by atoms with Gasteiger partial charge in [0.1, 0.15) is 17.2 Å². The monoisotopic (exact) mass is 773 g/mol. The highest BCUT2D eigenvalue weighted by Crippen LogP contribution is 2.45. The zero-order valence-corrected chi connectivity index (χ0v) is 30.2. The lowest BCUT2D eigenvalue weighted by Crippen LogP contribution is -2.16. The first-order valence-electron chi connectivity index (χ1n) is 18.9. The standard InChI is InChI=1S/C16H18O5.C13H15NO2.C13H14O3.3CH4/c1-2-19-16(18)21-14(17)9-11-4-3-10-5-6-13-12(15(10)11)7-8-20-13;2*14-12(15)7-9-2-1-8-3-4-11-10(13(8)9)5-6-16-11;;;/h5-6,11H,2-4,7-9H2,1H3;3-4,9H,1-2,5-7H2,(H2,14,15);3-4,9H,1-2,5-7H2,(H,14,15);3*1H4/t11-;2*9-;;;/m000.../s1. The van der Waals surface area contributed by atoms with Gasteiger partial charge in [0.2, 0.25) is 5.91 Å². The molecule has 3 heterocycles. The molecule has 3 aromatic rings. The predicted octanol–water partition coefficient (Wildman–Crippen LogP) is 8.30. The van der Waals surface area contributed by atoms with Crippen LogP contribution in [0, 0.1) is 0 Å². The van der Waals surface area contributed by atoms with Gasteiger partial charge in [-0.05, 0) is 115 Å². The Morgan fingerprint density at radius 1 is 0.625 bits per heavy atom. The number of carboxylic acids is 1. The maximum atomic E-state index is 11.8. The van der Waals surface area contributed by atoms with Gasteiger partial charge in [0.05, 0.1) is 39.3 Å². The molecule has 0 saturated carbocycles. The van der Waals surface area contributed by atoms with Crippen LogP contribution in [0.4, 0.5) is 4.79 Å². The number of carbonyl (C=O) groups excluding carboxylic acids is 3. The minimum absolute atomic E-state index is 0. The predicted molar refractivity (Wildman–Crippen MR) is 214 cm³/mol. The van der Waals surface area contributed by atoms with Crippen LogP contribution in [-0.4, -0.2) is 55.5 Å². The van der Waals surface area contributed by atoms with E-state index < -0.39 is 18.1 Å². The fraction of sp³-hybridized carbons (Fsp3) is 0.511. The number of hydrogen-bond acceptors (Lipinski definition) is 9.